The molecule has 3 aromatic rings. The minimum Gasteiger partial charge on any atom is -0.350 e. The van der Waals surface area contributed by atoms with Gasteiger partial charge in [-0.1, -0.05) is 71.7 Å². The fourth-order valence-electron chi connectivity index (χ4n) is 3.83. The summed E-state index contributed by atoms with van der Waals surface area (Å²) in [7, 11) is 0. The first kappa shape index (κ1) is 23.3. The second-order valence-electron chi connectivity index (χ2n) is 7.74. The van der Waals surface area contributed by atoms with Crippen LogP contribution in [-0.2, 0) is 19.2 Å². The molecule has 2 aliphatic heterocycles. The average Bonchev–Trinajstić information content (AvgIpc) is 3.23. The molecule has 10 heteroatoms. The van der Waals surface area contributed by atoms with E-state index in [1.165, 1.54) is 12.1 Å². The van der Waals surface area contributed by atoms with Gasteiger partial charge in [0, 0.05) is 11.4 Å². The lowest BCUT2D eigenvalue weighted by Gasteiger charge is -2.23. The number of nitrogens with zero attached hydrogens (tertiary/aromatic N) is 2. The zero-order valence-corrected chi connectivity index (χ0v) is 19.9. The lowest BCUT2D eigenvalue weighted by Crippen LogP contribution is -2.37. The van der Waals surface area contributed by atoms with Crippen LogP contribution < -0.4 is 20.4 Å². The van der Waals surface area contributed by atoms with Crippen molar-refractivity contribution >= 4 is 69.6 Å². The average molecular weight is 519 g/mol. The molecule has 3 aromatic carbocycles. The summed E-state index contributed by atoms with van der Waals surface area (Å²) in [4.78, 5) is 54.3. The Morgan fingerprint density at radius 2 is 0.806 bits per heavy atom. The molecule has 2 N–H and O–H groups in total. The van der Waals surface area contributed by atoms with Gasteiger partial charge in [-0.3, -0.25) is 19.2 Å². The van der Waals surface area contributed by atoms with E-state index in [-0.39, 0.29) is 32.8 Å². The lowest BCUT2D eigenvalue weighted by molar-refractivity contribution is -0.122. The van der Waals surface area contributed by atoms with Crippen molar-refractivity contribution in [1.29, 1.82) is 0 Å². The van der Waals surface area contributed by atoms with E-state index < -0.39 is 23.6 Å². The number of hydrogen-bond acceptors (Lipinski definition) is 6. The molecule has 8 nitrogen and oxygen atoms in total. The van der Waals surface area contributed by atoms with Gasteiger partial charge in [-0.15, -0.1) is 0 Å². The summed E-state index contributed by atoms with van der Waals surface area (Å²) in [6.45, 7) is 0. The Kier molecular flexibility index (Phi) is 6.05. The van der Waals surface area contributed by atoms with Crippen LogP contribution in [0.2, 0.25) is 0 Å². The van der Waals surface area contributed by atoms with Gasteiger partial charge < -0.3 is 10.6 Å². The van der Waals surface area contributed by atoms with Crippen molar-refractivity contribution < 1.29 is 19.2 Å². The van der Waals surface area contributed by atoms with Gasteiger partial charge in [0.2, 0.25) is 0 Å². The van der Waals surface area contributed by atoms with E-state index in [0.717, 1.165) is 9.80 Å². The van der Waals surface area contributed by atoms with Crippen LogP contribution in [-0.4, -0.2) is 23.6 Å². The van der Waals surface area contributed by atoms with Crippen LogP contribution in [0.1, 0.15) is 0 Å². The Labute approximate surface area is 215 Å². The summed E-state index contributed by atoms with van der Waals surface area (Å²) in [5.41, 5.74) is 0.873. The fraction of sp³-hybridized carbons (Fsp3) is 0. The number of amides is 4. The topological polar surface area (TPSA) is 98.8 Å². The van der Waals surface area contributed by atoms with Crippen molar-refractivity contribution in [3.05, 3.63) is 106 Å². The van der Waals surface area contributed by atoms with Crippen molar-refractivity contribution in [3.63, 3.8) is 0 Å². The Morgan fingerprint density at radius 3 is 1.17 bits per heavy atom. The van der Waals surface area contributed by atoms with Crippen LogP contribution in [0.5, 0.6) is 0 Å². The number of imide groups is 2. The maximum atomic E-state index is 13.3. The maximum Gasteiger partial charge on any atom is 0.283 e. The first-order valence-corrected chi connectivity index (χ1v) is 11.4. The molecule has 0 saturated heterocycles. The fourth-order valence-corrected chi connectivity index (χ4v) is 4.26. The molecule has 0 spiro atoms. The number of anilines is 4. The van der Waals surface area contributed by atoms with Gasteiger partial charge >= 0.3 is 0 Å². The van der Waals surface area contributed by atoms with Gasteiger partial charge in [0.05, 0.1) is 11.4 Å². The van der Waals surface area contributed by atoms with E-state index in [1.54, 1.807) is 72.8 Å². The van der Waals surface area contributed by atoms with E-state index in [2.05, 4.69) is 10.6 Å². The molecule has 0 aromatic heterocycles. The third-order valence-electron chi connectivity index (χ3n) is 5.50. The predicted octanol–water partition coefficient (Wildman–Crippen LogP) is 4.56. The molecule has 4 amide bonds. The number of benzene rings is 3. The second kappa shape index (κ2) is 9.33. The van der Waals surface area contributed by atoms with Gasteiger partial charge in [-0.2, -0.15) is 0 Å². The van der Waals surface area contributed by atoms with Crippen LogP contribution in [0.4, 0.5) is 22.7 Å². The molecule has 0 bridgehead atoms. The highest BCUT2D eigenvalue weighted by atomic mass is 35.5. The molecule has 0 aliphatic carbocycles. The summed E-state index contributed by atoms with van der Waals surface area (Å²) in [6, 6.07) is 23.5. The van der Waals surface area contributed by atoms with Gasteiger partial charge in [-0.25, -0.2) is 9.80 Å². The van der Waals surface area contributed by atoms with Crippen molar-refractivity contribution in [2.45, 2.75) is 0 Å². The van der Waals surface area contributed by atoms with E-state index in [9.17, 15) is 19.2 Å². The molecule has 5 rings (SSSR count). The number of rotatable bonds is 6. The molecule has 36 heavy (non-hydrogen) atoms. The van der Waals surface area contributed by atoms with Crippen LogP contribution >= 0.6 is 23.2 Å². The summed E-state index contributed by atoms with van der Waals surface area (Å²) < 4.78 is 0. The molecule has 0 fully saturated rings. The number of para-hydroxylation sites is 4. The van der Waals surface area contributed by atoms with Crippen molar-refractivity contribution in [3.8, 4) is 0 Å². The maximum absolute atomic E-state index is 13.3. The molecule has 2 heterocycles. The van der Waals surface area contributed by atoms with Crippen molar-refractivity contribution in [2.24, 2.45) is 0 Å². The summed E-state index contributed by atoms with van der Waals surface area (Å²) in [5.74, 6) is -3.06. The van der Waals surface area contributed by atoms with Gasteiger partial charge in [0.25, 0.3) is 23.6 Å². The highest BCUT2D eigenvalue weighted by Gasteiger charge is 2.44. The van der Waals surface area contributed by atoms with Crippen molar-refractivity contribution in [2.75, 3.05) is 20.4 Å². The number of hydrogen-bond donors (Lipinski definition) is 2. The van der Waals surface area contributed by atoms with E-state index in [4.69, 9.17) is 23.2 Å². The van der Waals surface area contributed by atoms with Crippen LogP contribution in [0.25, 0.3) is 0 Å². The number of carbonyl (C=O) groups excluding carboxylic acids is 4. The summed E-state index contributed by atoms with van der Waals surface area (Å²) >= 11 is 12.5. The van der Waals surface area contributed by atoms with E-state index in [1.807, 2.05) is 0 Å². The normalized spacial score (nSPS) is 15.9. The van der Waals surface area contributed by atoms with Crippen LogP contribution in [0.15, 0.2) is 106 Å². The molecular formula is C26H16Cl2N4O4. The minimum atomic E-state index is -0.798. The summed E-state index contributed by atoms with van der Waals surface area (Å²) in [5, 5.41) is 5.10. The zero-order chi connectivity index (χ0) is 25.4. The Balaban J connectivity index is 1.48. The highest BCUT2D eigenvalue weighted by molar-refractivity contribution is 6.55. The molecular weight excluding hydrogens is 503 g/mol. The Bertz CT molecular complexity index is 1370. The third-order valence-corrected chi connectivity index (χ3v) is 6.21. The molecule has 0 unspecified atom stereocenters. The number of nitrogens with one attached hydrogen (secondary N) is 2. The molecule has 0 atom stereocenters. The zero-order valence-electron chi connectivity index (χ0n) is 18.4. The SMILES string of the molecule is O=C1C(Cl)=C(Nc2ccccc2)C(=O)N1c1ccccc1N1C(=O)C(Cl)=C(Nc2ccccc2)C1=O. The van der Waals surface area contributed by atoms with Crippen molar-refractivity contribution in [1.82, 2.24) is 0 Å². The Hall–Kier alpha value is -4.40. The smallest absolute Gasteiger partial charge is 0.283 e. The van der Waals surface area contributed by atoms with Gasteiger partial charge in [0.1, 0.15) is 21.5 Å². The lowest BCUT2D eigenvalue weighted by atomic mass is 10.2. The van der Waals surface area contributed by atoms with E-state index in [0.29, 0.717) is 11.4 Å². The molecule has 178 valence electrons. The standard InChI is InChI=1S/C26H16Cl2N4O4/c27-19-21(29-15-9-3-1-4-10-15)25(35)31(23(19)33)17-13-7-8-14-18(17)32-24(34)20(28)22(26(32)36)30-16-11-5-2-6-12-16/h1-14,29-30H. The molecule has 2 aliphatic rings. The van der Waals surface area contributed by atoms with Crippen LogP contribution in [0, 0.1) is 0 Å². The predicted molar refractivity (Wildman–Crippen MR) is 137 cm³/mol. The summed E-state index contributed by atoms with van der Waals surface area (Å²) in [6.07, 6.45) is 0. The van der Waals surface area contributed by atoms with E-state index >= 15 is 0 Å². The largest absolute Gasteiger partial charge is 0.350 e. The first-order chi connectivity index (χ1) is 17.4. The minimum absolute atomic E-state index is 0.00244. The number of halogens is 2. The second-order valence-corrected chi connectivity index (χ2v) is 8.50. The van der Waals surface area contributed by atoms with Crippen LogP contribution in [0.3, 0.4) is 0 Å². The quantitative estimate of drug-likeness (QED) is 0.464. The highest BCUT2D eigenvalue weighted by Crippen LogP contribution is 2.39. The first-order valence-electron chi connectivity index (χ1n) is 10.7. The van der Waals surface area contributed by atoms with Gasteiger partial charge in [-0.05, 0) is 36.4 Å². The number of carbonyl (C=O) groups is 4. The molecule has 0 radical (unpaired) electrons. The Morgan fingerprint density at radius 1 is 0.472 bits per heavy atom. The molecule has 0 saturated carbocycles. The van der Waals surface area contributed by atoms with Gasteiger partial charge in [0.15, 0.2) is 0 Å². The third kappa shape index (κ3) is 3.92. The monoisotopic (exact) mass is 518 g/mol.